The monoisotopic (exact) mass is 296 g/mol. The number of rotatable bonds is 13. The predicted molar refractivity (Wildman–Crippen MR) is 88.7 cm³/mol. The molecule has 0 saturated heterocycles. The third-order valence-electron chi connectivity index (χ3n) is 3.26. The molecule has 0 aliphatic heterocycles. The van der Waals surface area contributed by atoms with Gasteiger partial charge in [0.25, 0.3) is 5.97 Å². The minimum atomic E-state index is -2.72. The first-order chi connectivity index (χ1) is 10.1. The van der Waals surface area contributed by atoms with Gasteiger partial charge in [0, 0.05) is 6.08 Å². The van der Waals surface area contributed by atoms with Crippen molar-refractivity contribution in [2.45, 2.75) is 77.1 Å². The molecule has 0 rings (SSSR count). The van der Waals surface area contributed by atoms with Crippen molar-refractivity contribution in [3.63, 3.8) is 0 Å². The van der Waals surface area contributed by atoms with Crippen LogP contribution >= 0.6 is 0 Å². The molecule has 0 saturated carbocycles. The van der Waals surface area contributed by atoms with Gasteiger partial charge in [-0.05, 0) is 12.8 Å². The van der Waals surface area contributed by atoms with Gasteiger partial charge in [0.2, 0.25) is 0 Å². The zero-order valence-corrected chi connectivity index (χ0v) is 13.4. The van der Waals surface area contributed by atoms with Gasteiger partial charge in [-0.15, -0.1) is 0 Å². The van der Waals surface area contributed by atoms with Gasteiger partial charge in [0.1, 0.15) is 0 Å². The van der Waals surface area contributed by atoms with E-state index in [9.17, 15) is 0 Å². The molecule has 3 heteroatoms. The van der Waals surface area contributed by atoms with Gasteiger partial charge < -0.3 is 15.3 Å². The van der Waals surface area contributed by atoms with Crippen molar-refractivity contribution in [1.82, 2.24) is 0 Å². The highest BCUT2D eigenvalue weighted by Crippen LogP contribution is 2.10. The van der Waals surface area contributed by atoms with Gasteiger partial charge in [-0.1, -0.05) is 88.7 Å². The average Bonchev–Trinajstić information content (AvgIpc) is 2.42. The lowest BCUT2D eigenvalue weighted by molar-refractivity contribution is -0.273. The van der Waals surface area contributed by atoms with Crippen molar-refractivity contribution < 1.29 is 15.3 Å². The third kappa shape index (κ3) is 19.1. The zero-order valence-electron chi connectivity index (χ0n) is 13.4. The maximum Gasteiger partial charge on any atom is 0.297 e. The molecule has 0 radical (unpaired) electrons. The fourth-order valence-corrected chi connectivity index (χ4v) is 2.06. The molecule has 0 aromatic carbocycles. The van der Waals surface area contributed by atoms with E-state index in [1.807, 2.05) is 6.08 Å². The molecule has 0 aliphatic carbocycles. The molecule has 0 aliphatic rings. The lowest BCUT2D eigenvalue weighted by Crippen LogP contribution is -2.22. The predicted octanol–water partition coefficient (Wildman–Crippen LogP) is 4.21. The van der Waals surface area contributed by atoms with E-state index < -0.39 is 5.97 Å². The Hall–Kier alpha value is -0.900. The third-order valence-corrected chi connectivity index (χ3v) is 3.26. The van der Waals surface area contributed by atoms with Gasteiger partial charge >= 0.3 is 0 Å². The summed E-state index contributed by atoms with van der Waals surface area (Å²) in [6, 6.07) is 0. The second-order valence-corrected chi connectivity index (χ2v) is 5.48. The van der Waals surface area contributed by atoms with Crippen molar-refractivity contribution in [1.29, 1.82) is 0 Å². The van der Waals surface area contributed by atoms with E-state index in [0.717, 1.165) is 12.5 Å². The summed E-state index contributed by atoms with van der Waals surface area (Å²) in [5.41, 5.74) is 0. The van der Waals surface area contributed by atoms with Crippen LogP contribution in [0.5, 0.6) is 0 Å². The summed E-state index contributed by atoms with van der Waals surface area (Å²) in [6.07, 6.45) is 22.9. The molecule has 122 valence electrons. The molecular weight excluding hydrogens is 264 g/mol. The molecule has 0 bridgehead atoms. The summed E-state index contributed by atoms with van der Waals surface area (Å²) in [5, 5.41) is 25.8. The SMILES string of the molecule is CCCCCCCCCCCC=CC=CC=CC(O)(O)O. The molecule has 0 fully saturated rings. The van der Waals surface area contributed by atoms with Gasteiger partial charge in [-0.25, -0.2) is 0 Å². The largest absolute Gasteiger partial charge is 0.340 e. The molecule has 21 heavy (non-hydrogen) atoms. The second-order valence-electron chi connectivity index (χ2n) is 5.48. The lowest BCUT2D eigenvalue weighted by atomic mass is 10.1. The van der Waals surface area contributed by atoms with Gasteiger partial charge in [0.15, 0.2) is 0 Å². The first-order valence-electron chi connectivity index (χ1n) is 8.24. The molecule has 0 unspecified atom stereocenters. The highest BCUT2D eigenvalue weighted by Gasteiger charge is 2.10. The van der Waals surface area contributed by atoms with Crippen LogP contribution in [0.25, 0.3) is 0 Å². The van der Waals surface area contributed by atoms with E-state index in [1.54, 1.807) is 12.2 Å². The molecule has 0 heterocycles. The van der Waals surface area contributed by atoms with Crippen molar-refractivity contribution in [2.75, 3.05) is 0 Å². The number of hydrogen-bond donors (Lipinski definition) is 3. The van der Waals surface area contributed by atoms with Crippen LogP contribution in [0.3, 0.4) is 0 Å². The molecule has 3 N–H and O–H groups in total. The van der Waals surface area contributed by atoms with Gasteiger partial charge in [-0.3, -0.25) is 0 Å². The van der Waals surface area contributed by atoms with Crippen molar-refractivity contribution >= 4 is 0 Å². The second kappa shape index (κ2) is 14.1. The number of hydrogen-bond acceptors (Lipinski definition) is 3. The summed E-state index contributed by atoms with van der Waals surface area (Å²) in [4.78, 5) is 0. The minimum absolute atomic E-state index is 0.901. The summed E-state index contributed by atoms with van der Waals surface area (Å²) in [5.74, 6) is -2.72. The Morgan fingerprint density at radius 1 is 0.667 bits per heavy atom. The number of allylic oxidation sites excluding steroid dienone is 5. The van der Waals surface area contributed by atoms with Crippen LogP contribution in [0.15, 0.2) is 36.5 Å². The summed E-state index contributed by atoms with van der Waals surface area (Å²) < 4.78 is 0. The van der Waals surface area contributed by atoms with Crippen LogP contribution in [0.4, 0.5) is 0 Å². The fraction of sp³-hybridized carbons (Fsp3) is 0.667. The summed E-state index contributed by atoms with van der Waals surface area (Å²) >= 11 is 0. The van der Waals surface area contributed by atoms with Gasteiger partial charge in [-0.2, -0.15) is 0 Å². The van der Waals surface area contributed by atoms with Crippen LogP contribution in [-0.4, -0.2) is 21.3 Å². The standard InChI is InChI=1S/C18H32O3/c1-2-3-4-5-6-7-8-9-10-11-12-13-14-15-16-17-18(19,20)21/h12-17,19-21H,2-11H2,1H3. The van der Waals surface area contributed by atoms with Crippen molar-refractivity contribution in [3.05, 3.63) is 36.5 Å². The molecular formula is C18H32O3. The number of aliphatic hydroxyl groups is 3. The van der Waals surface area contributed by atoms with E-state index in [1.165, 1.54) is 63.9 Å². The topological polar surface area (TPSA) is 60.7 Å². The maximum absolute atomic E-state index is 8.59. The number of unbranched alkanes of at least 4 members (excludes halogenated alkanes) is 9. The fourth-order valence-electron chi connectivity index (χ4n) is 2.06. The molecule has 0 spiro atoms. The summed E-state index contributed by atoms with van der Waals surface area (Å²) in [6.45, 7) is 2.25. The molecule has 0 aromatic rings. The smallest absolute Gasteiger partial charge is 0.297 e. The van der Waals surface area contributed by atoms with Crippen LogP contribution in [0, 0.1) is 0 Å². The minimum Gasteiger partial charge on any atom is -0.340 e. The van der Waals surface area contributed by atoms with Crippen LogP contribution < -0.4 is 0 Å². The Morgan fingerprint density at radius 3 is 1.76 bits per heavy atom. The Bertz CT molecular complexity index is 298. The molecule has 0 atom stereocenters. The molecule has 3 nitrogen and oxygen atoms in total. The van der Waals surface area contributed by atoms with E-state index in [0.29, 0.717) is 0 Å². The van der Waals surface area contributed by atoms with E-state index in [2.05, 4.69) is 13.0 Å². The highest BCUT2D eigenvalue weighted by atomic mass is 16.7. The van der Waals surface area contributed by atoms with Crippen LogP contribution in [0.1, 0.15) is 71.1 Å². The lowest BCUT2D eigenvalue weighted by Gasteiger charge is -2.05. The van der Waals surface area contributed by atoms with Crippen LogP contribution in [-0.2, 0) is 0 Å². The first-order valence-corrected chi connectivity index (χ1v) is 8.24. The summed E-state index contributed by atoms with van der Waals surface area (Å²) in [7, 11) is 0. The Labute approximate surface area is 129 Å². The molecule has 0 amide bonds. The van der Waals surface area contributed by atoms with Crippen molar-refractivity contribution in [3.8, 4) is 0 Å². The van der Waals surface area contributed by atoms with E-state index in [4.69, 9.17) is 15.3 Å². The zero-order chi connectivity index (χ0) is 15.8. The Morgan fingerprint density at radius 2 is 1.19 bits per heavy atom. The van der Waals surface area contributed by atoms with Gasteiger partial charge in [0.05, 0.1) is 0 Å². The van der Waals surface area contributed by atoms with Crippen molar-refractivity contribution in [2.24, 2.45) is 0 Å². The van der Waals surface area contributed by atoms with E-state index >= 15 is 0 Å². The average molecular weight is 296 g/mol. The Kier molecular flexibility index (Phi) is 13.5. The normalized spacial score (nSPS) is 13.1. The Balaban J connectivity index is 3.33. The maximum atomic E-state index is 8.59. The highest BCUT2D eigenvalue weighted by molar-refractivity contribution is 5.11. The molecule has 0 aromatic heterocycles. The first kappa shape index (κ1) is 20.1. The van der Waals surface area contributed by atoms with Crippen LogP contribution in [0.2, 0.25) is 0 Å². The quantitative estimate of drug-likeness (QED) is 0.271. The van der Waals surface area contributed by atoms with E-state index in [-0.39, 0.29) is 0 Å².